The van der Waals surface area contributed by atoms with E-state index in [2.05, 4.69) is 54.5 Å². The van der Waals surface area contributed by atoms with Crippen molar-refractivity contribution in [2.45, 2.75) is 45.4 Å². The summed E-state index contributed by atoms with van der Waals surface area (Å²) in [6.07, 6.45) is 4.68. The highest BCUT2D eigenvalue weighted by Gasteiger charge is 2.15. The molecule has 2 aromatic carbocycles. The summed E-state index contributed by atoms with van der Waals surface area (Å²) in [6, 6.07) is 12.3. The molecule has 0 bridgehead atoms. The Kier molecular flexibility index (Phi) is 4.30. The summed E-state index contributed by atoms with van der Waals surface area (Å²) in [4.78, 5) is 17.3. The molecule has 0 fully saturated rings. The maximum atomic E-state index is 12.7. The fraction of sp³-hybridized carbons (Fsp3) is 0.333. The van der Waals surface area contributed by atoms with Gasteiger partial charge in [0.2, 0.25) is 0 Å². The number of nitrogens with one attached hydrogen (secondary N) is 1. The molecule has 1 aliphatic rings. The number of aryl methyl sites for hydroxylation is 2. The van der Waals surface area contributed by atoms with Gasteiger partial charge in [-0.15, -0.1) is 0 Å². The van der Waals surface area contributed by atoms with Crippen molar-refractivity contribution in [2.75, 3.05) is 5.32 Å². The van der Waals surface area contributed by atoms with E-state index in [0.29, 0.717) is 11.0 Å². The first-order valence-electron chi connectivity index (χ1n) is 8.94. The molecule has 1 N–H and O–H groups in total. The Labute approximate surface area is 152 Å². The minimum Gasteiger partial charge on any atom is -0.298 e. The number of carbonyl (C=O) groups is 1. The molecule has 4 rings (SSSR count). The summed E-state index contributed by atoms with van der Waals surface area (Å²) < 4.78 is 1.12. The second-order valence-corrected chi connectivity index (χ2v) is 8.04. The van der Waals surface area contributed by atoms with Gasteiger partial charge >= 0.3 is 0 Å². The monoisotopic (exact) mass is 350 g/mol. The second-order valence-electron chi connectivity index (χ2n) is 7.01. The Morgan fingerprint density at radius 1 is 1.12 bits per heavy atom. The number of carbonyl (C=O) groups excluding carboxylic acids is 1. The molecule has 128 valence electrons. The molecule has 0 aliphatic heterocycles. The Balaban J connectivity index is 1.60. The number of anilines is 1. The van der Waals surface area contributed by atoms with Gasteiger partial charge in [-0.3, -0.25) is 10.1 Å². The molecular formula is C21H22N2OS. The molecule has 25 heavy (non-hydrogen) atoms. The molecule has 1 aromatic heterocycles. The van der Waals surface area contributed by atoms with Gasteiger partial charge in [-0.1, -0.05) is 43.4 Å². The molecule has 0 spiro atoms. The quantitative estimate of drug-likeness (QED) is 0.673. The largest absolute Gasteiger partial charge is 0.298 e. The summed E-state index contributed by atoms with van der Waals surface area (Å²) in [5.74, 6) is 0.341. The summed E-state index contributed by atoms with van der Waals surface area (Å²) >= 11 is 1.54. The number of fused-ring (bicyclic) bond motifs is 2. The number of para-hydroxylation sites is 1. The average Bonchev–Trinajstić information content (AvgIpc) is 3.03. The van der Waals surface area contributed by atoms with Gasteiger partial charge in [0.05, 0.1) is 10.2 Å². The lowest BCUT2D eigenvalue weighted by atomic mass is 9.90. The Bertz CT molecular complexity index is 942. The van der Waals surface area contributed by atoms with E-state index >= 15 is 0 Å². The number of hydrogen-bond donors (Lipinski definition) is 1. The number of amides is 1. The highest BCUT2D eigenvalue weighted by Crippen LogP contribution is 2.32. The van der Waals surface area contributed by atoms with Crippen LogP contribution in [0.2, 0.25) is 0 Å². The maximum Gasteiger partial charge on any atom is 0.257 e. The number of thiazole rings is 1. The van der Waals surface area contributed by atoms with E-state index in [-0.39, 0.29) is 5.91 Å². The van der Waals surface area contributed by atoms with Crippen LogP contribution in [0.1, 0.15) is 59.7 Å². The lowest BCUT2D eigenvalue weighted by Crippen LogP contribution is -2.13. The van der Waals surface area contributed by atoms with Crippen LogP contribution in [0.5, 0.6) is 0 Å². The zero-order valence-corrected chi connectivity index (χ0v) is 15.5. The van der Waals surface area contributed by atoms with Crippen molar-refractivity contribution in [3.05, 3.63) is 58.7 Å². The van der Waals surface area contributed by atoms with Crippen molar-refractivity contribution in [3.63, 3.8) is 0 Å². The first-order valence-corrected chi connectivity index (χ1v) is 9.76. The van der Waals surface area contributed by atoms with E-state index in [9.17, 15) is 4.79 Å². The molecular weight excluding hydrogens is 328 g/mol. The molecule has 0 saturated heterocycles. The van der Waals surface area contributed by atoms with Gasteiger partial charge in [0.1, 0.15) is 0 Å². The minimum absolute atomic E-state index is 0.0708. The number of nitrogens with zero attached hydrogens (tertiary/aromatic N) is 1. The van der Waals surface area contributed by atoms with Gasteiger partial charge in [0, 0.05) is 5.56 Å². The lowest BCUT2D eigenvalue weighted by molar-refractivity contribution is 0.102. The molecule has 1 aliphatic carbocycles. The van der Waals surface area contributed by atoms with Crippen molar-refractivity contribution >= 4 is 32.6 Å². The maximum absolute atomic E-state index is 12.7. The van der Waals surface area contributed by atoms with Crippen LogP contribution in [0.3, 0.4) is 0 Å². The standard InChI is InChI=1S/C21H22N2OS/c1-13(2)17-8-5-9-18-19(17)22-21(25-18)23-20(24)16-11-10-14-6-3-4-7-15(14)12-16/h5,8-13H,3-4,6-7H2,1-2H3,(H,22,23,24). The highest BCUT2D eigenvalue weighted by atomic mass is 32.1. The smallest absolute Gasteiger partial charge is 0.257 e. The van der Waals surface area contributed by atoms with E-state index in [1.165, 1.54) is 40.9 Å². The lowest BCUT2D eigenvalue weighted by Gasteiger charge is -2.16. The molecule has 1 heterocycles. The molecule has 0 radical (unpaired) electrons. The predicted molar refractivity (Wildman–Crippen MR) is 105 cm³/mol. The summed E-state index contributed by atoms with van der Waals surface area (Å²) in [7, 11) is 0. The number of benzene rings is 2. The molecule has 3 aromatic rings. The molecule has 0 atom stereocenters. The Morgan fingerprint density at radius 3 is 2.72 bits per heavy atom. The second kappa shape index (κ2) is 6.60. The van der Waals surface area contributed by atoms with Crippen molar-refractivity contribution < 1.29 is 4.79 Å². The number of hydrogen-bond acceptors (Lipinski definition) is 3. The van der Waals surface area contributed by atoms with Crippen molar-refractivity contribution in [1.82, 2.24) is 4.98 Å². The summed E-state index contributed by atoms with van der Waals surface area (Å²) in [5, 5.41) is 3.66. The van der Waals surface area contributed by atoms with Crippen molar-refractivity contribution in [1.29, 1.82) is 0 Å². The topological polar surface area (TPSA) is 42.0 Å². The van der Waals surface area contributed by atoms with Gasteiger partial charge in [-0.2, -0.15) is 0 Å². The average molecular weight is 350 g/mol. The van der Waals surface area contributed by atoms with Gasteiger partial charge in [-0.05, 0) is 66.5 Å². The molecule has 4 heteroatoms. The van der Waals surface area contributed by atoms with Crippen molar-refractivity contribution in [3.8, 4) is 0 Å². The Hall–Kier alpha value is -2.20. The van der Waals surface area contributed by atoms with Crippen LogP contribution < -0.4 is 5.32 Å². The minimum atomic E-state index is -0.0708. The van der Waals surface area contributed by atoms with E-state index in [1.807, 2.05) is 6.07 Å². The predicted octanol–water partition coefficient (Wildman–Crippen LogP) is 5.55. The normalized spacial score (nSPS) is 13.9. The zero-order valence-electron chi connectivity index (χ0n) is 14.6. The third-order valence-corrected chi connectivity index (χ3v) is 5.84. The van der Waals surface area contributed by atoms with Crippen LogP contribution in [0.25, 0.3) is 10.2 Å². The molecule has 0 saturated carbocycles. The van der Waals surface area contributed by atoms with Crippen LogP contribution >= 0.6 is 11.3 Å². The molecule has 1 amide bonds. The fourth-order valence-corrected chi connectivity index (χ4v) is 4.43. The third-order valence-electron chi connectivity index (χ3n) is 4.90. The Morgan fingerprint density at radius 2 is 1.92 bits per heavy atom. The summed E-state index contributed by atoms with van der Waals surface area (Å²) in [6.45, 7) is 4.33. The van der Waals surface area contributed by atoms with Crippen LogP contribution in [-0.2, 0) is 12.8 Å². The highest BCUT2D eigenvalue weighted by molar-refractivity contribution is 7.22. The van der Waals surface area contributed by atoms with E-state index in [0.717, 1.165) is 28.6 Å². The third kappa shape index (κ3) is 3.19. The van der Waals surface area contributed by atoms with Gasteiger partial charge < -0.3 is 0 Å². The SMILES string of the molecule is CC(C)c1cccc2sc(NC(=O)c3ccc4c(c3)CCCC4)nc12. The van der Waals surface area contributed by atoms with Gasteiger partial charge in [0.25, 0.3) is 5.91 Å². The van der Waals surface area contributed by atoms with Crippen molar-refractivity contribution in [2.24, 2.45) is 0 Å². The van der Waals surface area contributed by atoms with Crippen LogP contribution in [0, 0.1) is 0 Å². The molecule has 0 unspecified atom stereocenters. The first-order chi connectivity index (χ1) is 12.1. The van der Waals surface area contributed by atoms with Crippen LogP contribution in [0.4, 0.5) is 5.13 Å². The van der Waals surface area contributed by atoms with Crippen LogP contribution in [-0.4, -0.2) is 10.9 Å². The zero-order chi connectivity index (χ0) is 17.4. The van der Waals surface area contributed by atoms with Gasteiger partial charge in [0.15, 0.2) is 5.13 Å². The van der Waals surface area contributed by atoms with E-state index < -0.39 is 0 Å². The number of aromatic nitrogens is 1. The fourth-order valence-electron chi connectivity index (χ4n) is 3.53. The first kappa shape index (κ1) is 16.3. The van der Waals surface area contributed by atoms with Crippen LogP contribution in [0.15, 0.2) is 36.4 Å². The number of rotatable bonds is 3. The van der Waals surface area contributed by atoms with E-state index in [4.69, 9.17) is 0 Å². The molecule has 3 nitrogen and oxygen atoms in total. The summed E-state index contributed by atoms with van der Waals surface area (Å²) in [5.41, 5.74) is 5.67. The van der Waals surface area contributed by atoms with E-state index in [1.54, 1.807) is 0 Å². The van der Waals surface area contributed by atoms with Gasteiger partial charge in [-0.25, -0.2) is 4.98 Å².